The number of para-hydroxylation sites is 1. The predicted octanol–water partition coefficient (Wildman–Crippen LogP) is 4.44. The number of fused-ring (bicyclic) bond motifs is 1. The van der Waals surface area contributed by atoms with Gasteiger partial charge in [-0.15, -0.1) is 23.4 Å². The van der Waals surface area contributed by atoms with E-state index >= 15 is 0 Å². The summed E-state index contributed by atoms with van der Waals surface area (Å²) in [4.78, 5) is 69.8. The van der Waals surface area contributed by atoms with Crippen molar-refractivity contribution in [3.05, 3.63) is 66.8 Å². The van der Waals surface area contributed by atoms with Crippen molar-refractivity contribution < 1.29 is 47.7 Å². The molecule has 57 heavy (non-hydrogen) atoms. The number of anilines is 1. The number of hydrogen-bond acceptors (Lipinski definition) is 12. The Morgan fingerprint density at radius 1 is 1.12 bits per heavy atom. The molecule has 0 bridgehead atoms. The zero-order valence-electron chi connectivity index (χ0n) is 32.9. The van der Waals surface area contributed by atoms with E-state index < -0.39 is 38.2 Å². The molecule has 0 saturated heterocycles. The smallest absolute Gasteiger partial charge is 0.325 e. The van der Waals surface area contributed by atoms with Crippen molar-refractivity contribution in [1.82, 2.24) is 14.7 Å². The van der Waals surface area contributed by atoms with Crippen LogP contribution in [0.15, 0.2) is 45.0 Å². The molecule has 2 aromatic carbocycles. The Hall–Kier alpha value is -2.71. The number of ether oxygens (including phenoxy) is 2. The third-order valence-corrected chi connectivity index (χ3v) is 10.4. The van der Waals surface area contributed by atoms with Crippen LogP contribution in [0.4, 0.5) is 15.8 Å². The molecule has 1 atom stereocenters. The number of carbonyl (C=O) groups excluding carboxylic acids is 2. The van der Waals surface area contributed by atoms with Gasteiger partial charge in [0.2, 0.25) is 10.7 Å². The number of rotatable bonds is 14. The molecule has 15 nitrogen and oxygen atoms in total. The Balaban J connectivity index is 0.000000443. The molecule has 0 aliphatic carbocycles. The van der Waals surface area contributed by atoms with Crippen LogP contribution in [0.25, 0.3) is 0 Å². The maximum atomic E-state index is 14.3. The molecule has 1 unspecified atom stereocenters. The van der Waals surface area contributed by atoms with Crippen LogP contribution in [-0.2, 0) is 65.2 Å². The number of esters is 1. The number of methoxy groups -OCH3 is 2. The molecular weight excluding hydrogens is 867 g/mol. The van der Waals surface area contributed by atoms with Crippen LogP contribution in [0.2, 0.25) is 5.02 Å². The number of benzene rings is 2. The SMILES string of the molecule is CCc1cccc(CC)c1N(COC)C(=O)CCl.COC(=O)CSc1cc(/N=c2\sc(=O)n3n2CCCC3)c(F)cc1Cl.C[S+](C)C.O=C(O)CNCP(=O)([O-])O. The van der Waals surface area contributed by atoms with Crippen LogP contribution >= 0.6 is 53.9 Å². The van der Waals surface area contributed by atoms with Gasteiger partial charge in [0.05, 0.1) is 55.2 Å². The minimum absolute atomic E-state index is 0.0371. The predicted molar refractivity (Wildman–Crippen MR) is 226 cm³/mol. The van der Waals surface area contributed by atoms with Crippen molar-refractivity contribution in [3.8, 4) is 0 Å². The number of carboxylic acid groups (broad SMARTS) is 1. The van der Waals surface area contributed by atoms with Gasteiger partial charge in [-0.2, -0.15) is 0 Å². The molecule has 22 heteroatoms. The van der Waals surface area contributed by atoms with Gasteiger partial charge in [0, 0.05) is 25.1 Å². The first-order chi connectivity index (χ1) is 26.8. The van der Waals surface area contributed by atoms with E-state index in [4.69, 9.17) is 37.9 Å². The summed E-state index contributed by atoms with van der Waals surface area (Å²) in [5, 5.41) is 10.2. The number of aliphatic carboxylic acids is 1. The number of aryl methyl sites for hydroxylation is 2. The average molecular weight is 919 g/mol. The Labute approximate surface area is 353 Å². The average Bonchev–Trinajstić information content (AvgIpc) is 3.47. The number of hydrogen-bond donors (Lipinski definition) is 3. The minimum Gasteiger partial charge on any atom is -0.778 e. The second-order valence-electron chi connectivity index (χ2n) is 12.2. The van der Waals surface area contributed by atoms with E-state index in [1.807, 2.05) is 23.5 Å². The molecule has 3 aromatic rings. The summed E-state index contributed by atoms with van der Waals surface area (Å²) in [6, 6.07) is 8.75. The number of halogens is 3. The summed E-state index contributed by atoms with van der Waals surface area (Å²) >= 11 is 13.8. The molecule has 0 saturated carbocycles. The van der Waals surface area contributed by atoms with E-state index in [0.717, 1.165) is 71.7 Å². The third kappa shape index (κ3) is 19.3. The first kappa shape index (κ1) is 52.3. The highest BCUT2D eigenvalue weighted by atomic mass is 35.5. The highest BCUT2D eigenvalue weighted by molar-refractivity contribution is 8.00. The van der Waals surface area contributed by atoms with Gasteiger partial charge in [0.15, 0.2) is 0 Å². The lowest BCUT2D eigenvalue weighted by atomic mass is 10.0. The first-order valence-electron chi connectivity index (χ1n) is 17.3. The second kappa shape index (κ2) is 27.1. The lowest BCUT2D eigenvalue weighted by Gasteiger charge is -2.26. The summed E-state index contributed by atoms with van der Waals surface area (Å²) in [5.41, 5.74) is 3.32. The molecule has 0 radical (unpaired) electrons. The van der Waals surface area contributed by atoms with E-state index in [1.54, 1.807) is 21.4 Å². The van der Waals surface area contributed by atoms with Crippen LogP contribution in [0.5, 0.6) is 0 Å². The Morgan fingerprint density at radius 3 is 2.19 bits per heavy atom. The lowest BCUT2D eigenvalue weighted by molar-refractivity contribution is -0.193. The molecule has 1 amide bonds. The number of carbonyl (C=O) groups is 3. The van der Waals surface area contributed by atoms with Crippen molar-refractivity contribution in [3.63, 3.8) is 0 Å². The number of carboxylic acids is 1. The highest BCUT2D eigenvalue weighted by Crippen LogP contribution is 2.33. The van der Waals surface area contributed by atoms with Crippen molar-refractivity contribution >= 4 is 94.0 Å². The number of nitrogens with one attached hydrogen (secondary N) is 1. The second-order valence-corrected chi connectivity index (χ2v) is 18.8. The number of alkyl halides is 1. The van der Waals surface area contributed by atoms with Gasteiger partial charge in [-0.25, -0.2) is 14.1 Å². The zero-order chi connectivity index (χ0) is 43.3. The van der Waals surface area contributed by atoms with Gasteiger partial charge in [0.25, 0.3) is 0 Å². The van der Waals surface area contributed by atoms with Crippen molar-refractivity contribution in [2.24, 2.45) is 4.99 Å². The van der Waals surface area contributed by atoms with Gasteiger partial charge in [-0.1, -0.05) is 43.6 Å². The number of nitrogens with zero attached hydrogens (tertiary/aromatic N) is 4. The monoisotopic (exact) mass is 917 g/mol. The fourth-order valence-electron chi connectivity index (χ4n) is 4.76. The van der Waals surface area contributed by atoms with E-state index in [2.05, 4.69) is 42.3 Å². The summed E-state index contributed by atoms with van der Waals surface area (Å²) in [6.07, 6.45) is 9.52. The maximum absolute atomic E-state index is 14.3. The van der Waals surface area contributed by atoms with Gasteiger partial charge >= 0.3 is 16.8 Å². The van der Waals surface area contributed by atoms with E-state index in [0.29, 0.717) is 33.7 Å². The van der Waals surface area contributed by atoms with E-state index in [1.165, 1.54) is 13.2 Å². The van der Waals surface area contributed by atoms with Gasteiger partial charge in [0.1, 0.15) is 31.7 Å². The van der Waals surface area contributed by atoms with Gasteiger partial charge < -0.3 is 28.9 Å². The summed E-state index contributed by atoms with van der Waals surface area (Å²) in [6.45, 7) is 5.23. The Bertz CT molecular complexity index is 1920. The standard InChI is InChI=1S/C15H15ClFN3O3S2.C14H20ClNO2.C3H8NO5P.C3H9S/c1-23-13(21)8-24-12-7-11(10(17)6-9(12)16)18-14-19-4-2-3-5-20(19)15(22)25-14;1-4-11-7-6-8-12(5-2)14(11)16(10-18-3)13(17)9-15;5-3(6)1-4-2-10(7,8)9;1-4(2)3/h6-7H,2-5,8H2,1H3;6-8H,4-5,9-10H2,1-3H3;4H,1-2H2,(H,5,6)(H2,7,8,9);1-3H3/q;;;+1/p-1/b18-14-;;;. The number of thioether (sulfide) groups is 1. The minimum atomic E-state index is -4.35. The largest absolute Gasteiger partial charge is 0.778 e. The normalized spacial score (nSPS) is 13.1. The topological polar surface area (TPSA) is 205 Å². The Kier molecular flexibility index (Phi) is 24.9. The molecule has 1 aliphatic rings. The molecule has 1 aromatic heterocycles. The molecular formula is C35H51Cl2FN5O10PS3. The van der Waals surface area contributed by atoms with Crippen LogP contribution < -0.4 is 24.8 Å². The fraction of sp³-hybridized carbons (Fsp3) is 0.514. The van der Waals surface area contributed by atoms with Gasteiger partial charge in [-0.05, 0) is 71.2 Å². The summed E-state index contributed by atoms with van der Waals surface area (Å²) < 4.78 is 37.3. The van der Waals surface area contributed by atoms with E-state index in [9.17, 15) is 33.0 Å². The fourth-order valence-corrected chi connectivity index (χ4v) is 7.29. The summed E-state index contributed by atoms with van der Waals surface area (Å²) in [7, 11) is -0.833. The Morgan fingerprint density at radius 2 is 1.70 bits per heavy atom. The molecule has 4 rings (SSSR count). The molecule has 3 N–H and O–H groups in total. The summed E-state index contributed by atoms with van der Waals surface area (Å²) in [5.74, 6) is -2.26. The van der Waals surface area contributed by atoms with E-state index in [-0.39, 0.29) is 39.9 Å². The molecule has 2 heterocycles. The van der Waals surface area contributed by atoms with Crippen LogP contribution in [0.3, 0.4) is 0 Å². The molecule has 0 spiro atoms. The van der Waals surface area contributed by atoms with Gasteiger partial charge in [-0.3, -0.25) is 34.1 Å². The first-order valence-corrected chi connectivity index (χ1v) is 24.2. The molecule has 1 aliphatic heterocycles. The van der Waals surface area contributed by atoms with Crippen molar-refractivity contribution in [1.29, 1.82) is 0 Å². The highest BCUT2D eigenvalue weighted by Gasteiger charge is 2.20. The third-order valence-electron chi connectivity index (χ3n) is 7.18. The van der Waals surface area contributed by atoms with Crippen molar-refractivity contribution in [2.45, 2.75) is 57.5 Å². The van der Waals surface area contributed by atoms with Crippen LogP contribution in [0.1, 0.15) is 37.8 Å². The molecule has 320 valence electrons. The number of amides is 1. The zero-order valence-corrected chi connectivity index (χ0v) is 37.8. The van der Waals surface area contributed by atoms with Crippen molar-refractivity contribution in [2.75, 3.05) is 69.1 Å². The van der Waals surface area contributed by atoms with Crippen LogP contribution in [-0.4, -0.2) is 101 Å². The van der Waals surface area contributed by atoms with Crippen LogP contribution in [0, 0.1) is 5.82 Å². The lowest BCUT2D eigenvalue weighted by Crippen LogP contribution is -2.35. The number of aromatic nitrogens is 2. The maximum Gasteiger partial charge on any atom is 0.325 e. The molecule has 0 fully saturated rings. The quantitative estimate of drug-likeness (QED) is 0.0513.